The Morgan fingerprint density at radius 1 is 1.04 bits per heavy atom. The average Bonchev–Trinajstić information content (AvgIpc) is 2.66. The average molecular weight is 319 g/mol. The molecule has 0 aliphatic rings. The number of pyridine rings is 2. The summed E-state index contributed by atoms with van der Waals surface area (Å²) in [6.45, 7) is 0.414. The van der Waals surface area contributed by atoms with Gasteiger partial charge < -0.3 is 10.1 Å². The van der Waals surface area contributed by atoms with Crippen LogP contribution in [0.1, 0.15) is 5.56 Å². The van der Waals surface area contributed by atoms with Crippen molar-refractivity contribution in [1.29, 1.82) is 0 Å². The first-order valence-electron chi connectivity index (χ1n) is 7.61. The summed E-state index contributed by atoms with van der Waals surface area (Å²) in [6.07, 6.45) is 5.21. The molecule has 0 saturated heterocycles. The molecule has 2 aromatic heterocycles. The third-order valence-electron chi connectivity index (χ3n) is 3.38. The van der Waals surface area contributed by atoms with Crippen molar-refractivity contribution in [2.45, 2.75) is 6.54 Å². The van der Waals surface area contributed by atoms with E-state index in [4.69, 9.17) is 4.74 Å². The highest BCUT2D eigenvalue weighted by Gasteiger charge is 2.05. The van der Waals surface area contributed by atoms with E-state index in [2.05, 4.69) is 15.3 Å². The Kier molecular flexibility index (Phi) is 5.14. The number of nitrogens with zero attached hydrogens (tertiary/aromatic N) is 2. The number of hydrogen-bond acceptors (Lipinski definition) is 4. The fraction of sp³-hybridized carbons (Fsp3) is 0.105. The number of hydrogen-bond donors (Lipinski definition) is 1. The number of carbonyl (C=O) groups is 1. The highest BCUT2D eigenvalue weighted by Crippen LogP contribution is 2.16. The van der Waals surface area contributed by atoms with Crippen molar-refractivity contribution in [2.24, 2.45) is 0 Å². The molecule has 0 spiro atoms. The highest BCUT2D eigenvalue weighted by atomic mass is 16.5. The van der Waals surface area contributed by atoms with Crippen molar-refractivity contribution in [3.05, 3.63) is 78.8 Å². The minimum Gasteiger partial charge on any atom is -0.484 e. The predicted octanol–water partition coefficient (Wildman–Crippen LogP) is 2.84. The van der Waals surface area contributed by atoms with Gasteiger partial charge in [-0.25, -0.2) is 0 Å². The van der Waals surface area contributed by atoms with E-state index < -0.39 is 0 Å². The standard InChI is InChI=1S/C19H17N3O2/c23-19(14-24-17-6-2-1-3-7-17)22-12-15-8-10-21-18(11-15)16-5-4-9-20-13-16/h1-11,13H,12,14H2,(H,22,23). The zero-order chi connectivity index (χ0) is 16.6. The normalized spacial score (nSPS) is 10.2. The van der Waals surface area contributed by atoms with E-state index in [0.29, 0.717) is 12.3 Å². The van der Waals surface area contributed by atoms with Crippen LogP contribution in [0.3, 0.4) is 0 Å². The second-order valence-corrected chi connectivity index (χ2v) is 5.17. The van der Waals surface area contributed by atoms with Gasteiger partial charge in [0.2, 0.25) is 0 Å². The summed E-state index contributed by atoms with van der Waals surface area (Å²) in [5, 5.41) is 2.84. The summed E-state index contributed by atoms with van der Waals surface area (Å²) in [7, 11) is 0. The number of rotatable bonds is 6. The van der Waals surface area contributed by atoms with Gasteiger partial charge in [-0.15, -0.1) is 0 Å². The summed E-state index contributed by atoms with van der Waals surface area (Å²) >= 11 is 0. The molecule has 120 valence electrons. The van der Waals surface area contributed by atoms with E-state index in [9.17, 15) is 4.79 Å². The van der Waals surface area contributed by atoms with Crippen molar-refractivity contribution in [3.63, 3.8) is 0 Å². The van der Waals surface area contributed by atoms with Crippen LogP contribution in [0.4, 0.5) is 0 Å². The lowest BCUT2D eigenvalue weighted by Crippen LogP contribution is -2.28. The molecule has 1 N–H and O–H groups in total. The van der Waals surface area contributed by atoms with Crippen molar-refractivity contribution in [2.75, 3.05) is 6.61 Å². The largest absolute Gasteiger partial charge is 0.484 e. The third-order valence-corrected chi connectivity index (χ3v) is 3.38. The molecule has 1 amide bonds. The van der Waals surface area contributed by atoms with Gasteiger partial charge in [0.15, 0.2) is 6.61 Å². The van der Waals surface area contributed by atoms with Crippen LogP contribution in [-0.4, -0.2) is 22.5 Å². The number of carbonyl (C=O) groups excluding carboxylic acids is 1. The molecule has 0 fully saturated rings. The summed E-state index contributed by atoms with van der Waals surface area (Å²) < 4.78 is 5.42. The van der Waals surface area contributed by atoms with E-state index in [0.717, 1.165) is 16.8 Å². The van der Waals surface area contributed by atoms with Gasteiger partial charge in [0.25, 0.3) is 5.91 Å². The minimum atomic E-state index is -0.168. The Bertz CT molecular complexity index is 792. The molecule has 0 aliphatic heterocycles. The second kappa shape index (κ2) is 7.87. The first-order valence-corrected chi connectivity index (χ1v) is 7.61. The molecule has 1 aromatic carbocycles. The van der Waals surface area contributed by atoms with Crippen molar-refractivity contribution in [1.82, 2.24) is 15.3 Å². The first kappa shape index (κ1) is 15.7. The molecular weight excluding hydrogens is 302 g/mol. The third kappa shape index (κ3) is 4.39. The van der Waals surface area contributed by atoms with Crippen molar-refractivity contribution >= 4 is 5.91 Å². The Morgan fingerprint density at radius 3 is 2.71 bits per heavy atom. The molecule has 5 nitrogen and oxygen atoms in total. The molecule has 0 radical (unpaired) electrons. The van der Waals surface area contributed by atoms with E-state index in [-0.39, 0.29) is 12.5 Å². The van der Waals surface area contributed by atoms with Crippen LogP contribution in [0, 0.1) is 0 Å². The van der Waals surface area contributed by atoms with Crippen LogP contribution in [0.15, 0.2) is 73.2 Å². The molecule has 0 aliphatic carbocycles. The van der Waals surface area contributed by atoms with E-state index in [1.165, 1.54) is 0 Å². The fourth-order valence-electron chi connectivity index (χ4n) is 2.17. The van der Waals surface area contributed by atoms with Gasteiger partial charge >= 0.3 is 0 Å². The lowest BCUT2D eigenvalue weighted by molar-refractivity contribution is -0.123. The van der Waals surface area contributed by atoms with Crippen LogP contribution in [0.2, 0.25) is 0 Å². The Morgan fingerprint density at radius 2 is 1.92 bits per heavy atom. The topological polar surface area (TPSA) is 64.1 Å². The number of ether oxygens (including phenoxy) is 1. The number of benzene rings is 1. The molecule has 3 rings (SSSR count). The van der Waals surface area contributed by atoms with Gasteiger partial charge in [0.05, 0.1) is 5.69 Å². The maximum absolute atomic E-state index is 11.9. The lowest BCUT2D eigenvalue weighted by atomic mass is 10.1. The SMILES string of the molecule is O=C(COc1ccccc1)NCc1ccnc(-c2cccnc2)c1. The molecule has 0 bridgehead atoms. The number of amides is 1. The van der Waals surface area contributed by atoms with Gasteiger partial charge in [0, 0.05) is 30.7 Å². The second-order valence-electron chi connectivity index (χ2n) is 5.17. The van der Waals surface area contributed by atoms with Crippen LogP contribution in [0.5, 0.6) is 5.75 Å². The van der Waals surface area contributed by atoms with Gasteiger partial charge in [0.1, 0.15) is 5.75 Å². The van der Waals surface area contributed by atoms with Gasteiger partial charge in [-0.2, -0.15) is 0 Å². The summed E-state index contributed by atoms with van der Waals surface area (Å²) in [5.74, 6) is 0.508. The zero-order valence-electron chi connectivity index (χ0n) is 13.1. The van der Waals surface area contributed by atoms with Crippen LogP contribution < -0.4 is 10.1 Å². The molecular formula is C19H17N3O2. The maximum atomic E-state index is 11.9. The highest BCUT2D eigenvalue weighted by molar-refractivity contribution is 5.77. The van der Waals surface area contributed by atoms with E-state index in [1.807, 2.05) is 54.6 Å². The molecule has 0 unspecified atom stereocenters. The van der Waals surface area contributed by atoms with E-state index >= 15 is 0 Å². The molecule has 0 atom stereocenters. The molecule has 24 heavy (non-hydrogen) atoms. The number of nitrogens with one attached hydrogen (secondary N) is 1. The first-order chi connectivity index (χ1) is 11.8. The summed E-state index contributed by atoms with van der Waals surface area (Å²) in [4.78, 5) is 20.3. The number of aromatic nitrogens is 2. The molecule has 0 saturated carbocycles. The molecule has 5 heteroatoms. The molecule has 2 heterocycles. The Labute approximate surface area is 140 Å². The van der Waals surface area contributed by atoms with Crippen molar-refractivity contribution in [3.8, 4) is 17.0 Å². The smallest absolute Gasteiger partial charge is 0.258 e. The predicted molar refractivity (Wildman–Crippen MR) is 91.3 cm³/mol. The monoisotopic (exact) mass is 319 g/mol. The Hall–Kier alpha value is -3.21. The minimum absolute atomic E-state index is 0.00937. The molecule has 3 aromatic rings. The van der Waals surface area contributed by atoms with Gasteiger partial charge in [-0.3, -0.25) is 14.8 Å². The number of para-hydroxylation sites is 1. The van der Waals surface area contributed by atoms with Crippen molar-refractivity contribution < 1.29 is 9.53 Å². The van der Waals surface area contributed by atoms with Gasteiger partial charge in [-0.05, 0) is 42.0 Å². The van der Waals surface area contributed by atoms with Gasteiger partial charge in [-0.1, -0.05) is 18.2 Å². The summed E-state index contributed by atoms with van der Waals surface area (Å²) in [5.41, 5.74) is 2.74. The van der Waals surface area contributed by atoms with Crippen LogP contribution in [0.25, 0.3) is 11.3 Å². The fourth-order valence-corrected chi connectivity index (χ4v) is 2.17. The lowest BCUT2D eigenvalue weighted by Gasteiger charge is -2.08. The van der Waals surface area contributed by atoms with Crippen LogP contribution in [-0.2, 0) is 11.3 Å². The van der Waals surface area contributed by atoms with E-state index in [1.54, 1.807) is 18.6 Å². The maximum Gasteiger partial charge on any atom is 0.258 e. The quantitative estimate of drug-likeness (QED) is 0.759. The summed E-state index contributed by atoms with van der Waals surface area (Å²) in [6, 6.07) is 16.9. The Balaban J connectivity index is 1.54. The zero-order valence-corrected chi connectivity index (χ0v) is 13.1. The van der Waals surface area contributed by atoms with Crippen LogP contribution >= 0.6 is 0 Å².